The number of rotatable bonds is 3. The van der Waals surface area contributed by atoms with Crippen LogP contribution in [0.1, 0.15) is 15.9 Å². The Hall–Kier alpha value is -2.51. The molecule has 0 spiro atoms. The lowest BCUT2D eigenvalue weighted by atomic mass is 10.2. The number of thiophene rings is 4. The van der Waals surface area contributed by atoms with Gasteiger partial charge in [0.05, 0.1) is 5.56 Å². The summed E-state index contributed by atoms with van der Waals surface area (Å²) >= 11 is 7.16. The normalized spacial score (nSPS) is 9.77. The van der Waals surface area contributed by atoms with Crippen molar-refractivity contribution in [2.75, 3.05) is 0 Å². The van der Waals surface area contributed by atoms with Crippen LogP contribution in [0.3, 0.4) is 0 Å². The maximum absolute atomic E-state index is 10.3. The molecular weight excluding hydrogens is 449 g/mol. The first-order valence-electron chi connectivity index (χ1n) is 9.08. The van der Waals surface area contributed by atoms with Crippen LogP contribution in [0.5, 0.6) is 0 Å². The molecule has 2 nitrogen and oxygen atoms in total. The minimum atomic E-state index is -0.875. The molecule has 0 amide bonds. The van der Waals surface area contributed by atoms with Crippen molar-refractivity contribution in [2.24, 2.45) is 0 Å². The summed E-state index contributed by atoms with van der Waals surface area (Å²) in [5, 5.41) is 16.9. The highest BCUT2D eigenvalue weighted by Crippen LogP contribution is 2.29. The zero-order valence-corrected chi connectivity index (χ0v) is 19.5. The van der Waals surface area contributed by atoms with Crippen LogP contribution in [0, 0.1) is 6.92 Å². The van der Waals surface area contributed by atoms with Crippen molar-refractivity contribution in [3.8, 4) is 19.5 Å². The molecular formula is C24H20O2S4. The molecule has 0 atom stereocenters. The quantitative estimate of drug-likeness (QED) is 0.288. The average molecular weight is 469 g/mol. The van der Waals surface area contributed by atoms with E-state index in [1.54, 1.807) is 69.6 Å². The predicted molar refractivity (Wildman–Crippen MR) is 133 cm³/mol. The molecule has 0 bridgehead atoms. The zero-order chi connectivity index (χ0) is 21.2. The third kappa shape index (κ3) is 6.78. The molecule has 5 aromatic rings. The number of hydrogen-bond acceptors (Lipinski definition) is 5. The summed E-state index contributed by atoms with van der Waals surface area (Å²) < 4.78 is 0. The van der Waals surface area contributed by atoms with Crippen LogP contribution < -0.4 is 0 Å². The third-order valence-corrected chi connectivity index (χ3v) is 7.74. The van der Waals surface area contributed by atoms with Crippen molar-refractivity contribution in [3.05, 3.63) is 105 Å². The minimum Gasteiger partial charge on any atom is -0.478 e. The fraction of sp³-hybridized carbons (Fsp3) is 0.0417. The Kier molecular flexibility index (Phi) is 8.59. The molecule has 0 aliphatic carbocycles. The van der Waals surface area contributed by atoms with E-state index in [2.05, 4.69) is 70.1 Å². The number of carboxylic acid groups (broad SMARTS) is 1. The largest absolute Gasteiger partial charge is 0.478 e. The Bertz CT molecular complexity index is 962. The highest BCUT2D eigenvalue weighted by atomic mass is 32.1. The molecule has 0 saturated carbocycles. The standard InChI is InChI=1S/C8H8O2.2C8H6S2/c1-6-2-4-7(5-3-6)8(9)10;2*1-3-7(9-5-1)8-4-2-6-10-8/h2-5H,1H3,(H,9,10);2*1-6H. The zero-order valence-electron chi connectivity index (χ0n) is 16.2. The molecule has 0 radical (unpaired) electrons. The van der Waals surface area contributed by atoms with Gasteiger partial charge in [-0.1, -0.05) is 42.0 Å². The second-order valence-corrected chi connectivity index (χ2v) is 9.87. The van der Waals surface area contributed by atoms with Crippen LogP contribution in [0.4, 0.5) is 0 Å². The Balaban J connectivity index is 0.000000128. The number of aryl methyl sites for hydroxylation is 1. The van der Waals surface area contributed by atoms with E-state index in [-0.39, 0.29) is 0 Å². The maximum atomic E-state index is 10.3. The first-order chi connectivity index (χ1) is 14.6. The van der Waals surface area contributed by atoms with E-state index >= 15 is 0 Å². The summed E-state index contributed by atoms with van der Waals surface area (Å²) in [4.78, 5) is 15.8. The fourth-order valence-electron chi connectivity index (χ4n) is 2.37. The van der Waals surface area contributed by atoms with Crippen LogP contribution in [0.2, 0.25) is 0 Å². The molecule has 0 aliphatic rings. The van der Waals surface area contributed by atoms with Crippen molar-refractivity contribution in [3.63, 3.8) is 0 Å². The molecule has 4 aromatic heterocycles. The van der Waals surface area contributed by atoms with Crippen molar-refractivity contribution in [1.29, 1.82) is 0 Å². The van der Waals surface area contributed by atoms with Gasteiger partial charge in [-0.25, -0.2) is 4.79 Å². The average Bonchev–Trinajstić information content (AvgIpc) is 3.57. The molecule has 30 heavy (non-hydrogen) atoms. The fourth-order valence-corrected chi connectivity index (χ4v) is 5.53. The van der Waals surface area contributed by atoms with E-state index in [9.17, 15) is 4.79 Å². The van der Waals surface area contributed by atoms with E-state index in [0.717, 1.165) is 5.56 Å². The van der Waals surface area contributed by atoms with E-state index in [1.165, 1.54) is 19.5 Å². The molecule has 0 fully saturated rings. The van der Waals surface area contributed by atoms with Crippen molar-refractivity contribution in [1.82, 2.24) is 0 Å². The molecule has 5 rings (SSSR count). The minimum absolute atomic E-state index is 0.339. The van der Waals surface area contributed by atoms with Gasteiger partial charge in [-0.2, -0.15) is 0 Å². The number of aromatic carboxylic acids is 1. The van der Waals surface area contributed by atoms with Crippen LogP contribution in [0.25, 0.3) is 19.5 Å². The Labute approximate surface area is 192 Å². The first kappa shape index (κ1) is 22.2. The summed E-state index contributed by atoms with van der Waals surface area (Å²) in [5.41, 5.74) is 1.41. The Morgan fingerprint density at radius 1 is 0.600 bits per heavy atom. The molecule has 1 aromatic carbocycles. The van der Waals surface area contributed by atoms with Gasteiger partial charge in [0.2, 0.25) is 0 Å². The highest BCUT2D eigenvalue weighted by Gasteiger charge is 1.99. The summed E-state index contributed by atoms with van der Waals surface area (Å²) in [5.74, 6) is -0.875. The number of carbonyl (C=O) groups is 1. The van der Waals surface area contributed by atoms with Gasteiger partial charge in [0.1, 0.15) is 0 Å². The summed E-state index contributed by atoms with van der Waals surface area (Å²) in [7, 11) is 0. The van der Waals surface area contributed by atoms with Gasteiger partial charge >= 0.3 is 5.97 Å². The summed E-state index contributed by atoms with van der Waals surface area (Å²) in [6.45, 7) is 1.92. The summed E-state index contributed by atoms with van der Waals surface area (Å²) in [6, 6.07) is 23.7. The third-order valence-electron chi connectivity index (χ3n) is 3.87. The SMILES string of the molecule is Cc1ccc(C(=O)O)cc1.c1csc(-c2cccs2)c1.c1csc(-c2cccs2)c1. The van der Waals surface area contributed by atoms with Crippen molar-refractivity contribution >= 4 is 51.3 Å². The molecule has 0 unspecified atom stereocenters. The van der Waals surface area contributed by atoms with E-state index in [4.69, 9.17) is 5.11 Å². The van der Waals surface area contributed by atoms with Crippen LogP contribution in [-0.2, 0) is 0 Å². The van der Waals surface area contributed by atoms with Crippen LogP contribution in [-0.4, -0.2) is 11.1 Å². The smallest absolute Gasteiger partial charge is 0.335 e. The second kappa shape index (κ2) is 11.6. The number of carboxylic acids is 1. The van der Waals surface area contributed by atoms with Gasteiger partial charge in [-0.3, -0.25) is 0 Å². The molecule has 152 valence electrons. The van der Waals surface area contributed by atoms with Gasteiger partial charge in [-0.05, 0) is 64.8 Å². The van der Waals surface area contributed by atoms with Gasteiger partial charge in [0.15, 0.2) is 0 Å². The molecule has 0 saturated heterocycles. The van der Waals surface area contributed by atoms with E-state index in [1.807, 2.05) is 6.92 Å². The highest BCUT2D eigenvalue weighted by molar-refractivity contribution is 7.20. The van der Waals surface area contributed by atoms with Crippen molar-refractivity contribution in [2.45, 2.75) is 6.92 Å². The number of benzene rings is 1. The molecule has 1 N–H and O–H groups in total. The van der Waals surface area contributed by atoms with Crippen LogP contribution in [0.15, 0.2) is 94.3 Å². The van der Waals surface area contributed by atoms with Crippen LogP contribution >= 0.6 is 45.3 Å². The second-order valence-electron chi connectivity index (χ2n) is 6.08. The molecule has 4 heterocycles. The number of hydrogen-bond donors (Lipinski definition) is 1. The first-order valence-corrected chi connectivity index (χ1v) is 12.6. The maximum Gasteiger partial charge on any atom is 0.335 e. The van der Waals surface area contributed by atoms with Crippen molar-refractivity contribution < 1.29 is 9.90 Å². The predicted octanol–water partition coefficient (Wildman–Crippen LogP) is 8.65. The monoisotopic (exact) mass is 468 g/mol. The van der Waals surface area contributed by atoms with Gasteiger partial charge in [0.25, 0.3) is 0 Å². The Morgan fingerprint density at radius 2 is 0.933 bits per heavy atom. The van der Waals surface area contributed by atoms with Gasteiger partial charge < -0.3 is 5.11 Å². The van der Waals surface area contributed by atoms with Gasteiger partial charge in [-0.15, -0.1) is 45.3 Å². The van der Waals surface area contributed by atoms with Gasteiger partial charge in [0, 0.05) is 19.5 Å². The van der Waals surface area contributed by atoms with E-state index < -0.39 is 5.97 Å². The molecule has 6 heteroatoms. The molecule has 0 aliphatic heterocycles. The lowest BCUT2D eigenvalue weighted by molar-refractivity contribution is 0.0697. The van der Waals surface area contributed by atoms with E-state index in [0.29, 0.717) is 5.56 Å². The Morgan fingerprint density at radius 3 is 1.17 bits per heavy atom. The lowest BCUT2D eigenvalue weighted by Crippen LogP contribution is -1.94. The topological polar surface area (TPSA) is 37.3 Å². The summed E-state index contributed by atoms with van der Waals surface area (Å²) in [6.07, 6.45) is 0. The lowest BCUT2D eigenvalue weighted by Gasteiger charge is -1.92.